The van der Waals surface area contributed by atoms with Crippen LogP contribution in [0.2, 0.25) is 0 Å². The smallest absolute Gasteiger partial charge is 0.270 e. The number of aromatic nitrogens is 1. The van der Waals surface area contributed by atoms with Gasteiger partial charge in [0.05, 0.1) is 0 Å². The van der Waals surface area contributed by atoms with E-state index in [1.807, 2.05) is 11.0 Å². The lowest BCUT2D eigenvalue weighted by atomic mass is 10.1. The molecule has 2 aromatic rings. The Bertz CT molecular complexity index is 740. The molecule has 0 spiro atoms. The van der Waals surface area contributed by atoms with Gasteiger partial charge in [0.15, 0.2) is 0 Å². The van der Waals surface area contributed by atoms with Gasteiger partial charge in [-0.15, -0.1) is 0 Å². The van der Waals surface area contributed by atoms with Gasteiger partial charge in [-0.25, -0.2) is 0 Å². The van der Waals surface area contributed by atoms with Crippen LogP contribution in [0, 0.1) is 13.8 Å². The maximum Gasteiger partial charge on any atom is 0.270 e. The average Bonchev–Trinajstić information content (AvgIpc) is 2.90. The molecule has 0 bridgehead atoms. The van der Waals surface area contributed by atoms with Gasteiger partial charge in [0.1, 0.15) is 5.69 Å². The van der Waals surface area contributed by atoms with Gasteiger partial charge in [0, 0.05) is 44.0 Å². The van der Waals surface area contributed by atoms with Gasteiger partial charge < -0.3 is 14.8 Å². The SMILES string of the molecule is CC(=O)N1CCN(C(=O)c2cc3c(C)cc(C)cc3[nH]2)CC1. The van der Waals surface area contributed by atoms with Crippen LogP contribution in [0.25, 0.3) is 10.9 Å². The Morgan fingerprint density at radius 2 is 1.64 bits per heavy atom. The van der Waals surface area contributed by atoms with E-state index in [1.165, 1.54) is 11.1 Å². The van der Waals surface area contributed by atoms with Crippen LogP contribution in [0.4, 0.5) is 0 Å². The molecule has 0 unspecified atom stereocenters. The number of aromatic amines is 1. The first-order valence-electron chi connectivity index (χ1n) is 7.60. The standard InChI is InChI=1S/C17H21N3O2/c1-11-8-12(2)14-10-16(18-15(14)9-11)17(22)20-6-4-19(5-7-20)13(3)21/h8-10,18H,4-7H2,1-3H3. The number of benzene rings is 1. The summed E-state index contributed by atoms with van der Waals surface area (Å²) in [5, 5.41) is 1.09. The zero-order valence-corrected chi connectivity index (χ0v) is 13.3. The predicted octanol–water partition coefficient (Wildman–Crippen LogP) is 2.09. The number of amides is 2. The van der Waals surface area contributed by atoms with E-state index in [9.17, 15) is 9.59 Å². The van der Waals surface area contributed by atoms with Gasteiger partial charge in [0.2, 0.25) is 5.91 Å². The molecule has 0 saturated carbocycles. The fourth-order valence-corrected chi connectivity index (χ4v) is 3.11. The van der Waals surface area contributed by atoms with Gasteiger partial charge >= 0.3 is 0 Å². The van der Waals surface area contributed by atoms with Crippen molar-refractivity contribution in [2.45, 2.75) is 20.8 Å². The fraction of sp³-hybridized carbons (Fsp3) is 0.412. The first kappa shape index (κ1) is 14.6. The highest BCUT2D eigenvalue weighted by Gasteiger charge is 2.24. The second-order valence-electron chi connectivity index (χ2n) is 6.02. The first-order chi connectivity index (χ1) is 10.5. The molecule has 1 saturated heterocycles. The molecule has 1 N–H and O–H groups in total. The van der Waals surface area contributed by atoms with Crippen molar-refractivity contribution < 1.29 is 9.59 Å². The lowest BCUT2D eigenvalue weighted by molar-refractivity contribution is -0.130. The largest absolute Gasteiger partial charge is 0.351 e. The third kappa shape index (κ3) is 2.58. The summed E-state index contributed by atoms with van der Waals surface area (Å²) in [6.45, 7) is 8.08. The lowest BCUT2D eigenvalue weighted by Crippen LogP contribution is -2.50. The van der Waals surface area contributed by atoms with E-state index in [2.05, 4.69) is 31.0 Å². The first-order valence-corrected chi connectivity index (χ1v) is 7.60. The van der Waals surface area contributed by atoms with Gasteiger partial charge in [-0.05, 0) is 37.1 Å². The van der Waals surface area contributed by atoms with E-state index >= 15 is 0 Å². The number of hydrogen-bond donors (Lipinski definition) is 1. The summed E-state index contributed by atoms with van der Waals surface area (Å²) in [7, 11) is 0. The molecule has 1 aliphatic heterocycles. The van der Waals surface area contributed by atoms with Crippen LogP contribution in [0.5, 0.6) is 0 Å². The molecule has 5 heteroatoms. The third-order valence-corrected chi connectivity index (χ3v) is 4.33. The monoisotopic (exact) mass is 299 g/mol. The number of rotatable bonds is 1. The van der Waals surface area contributed by atoms with E-state index in [0.717, 1.165) is 10.9 Å². The van der Waals surface area contributed by atoms with Crippen molar-refractivity contribution in [3.05, 3.63) is 35.0 Å². The summed E-state index contributed by atoms with van der Waals surface area (Å²) < 4.78 is 0. The highest BCUT2D eigenvalue weighted by Crippen LogP contribution is 2.22. The molecule has 1 aromatic heterocycles. The zero-order valence-electron chi connectivity index (χ0n) is 13.3. The number of nitrogens with one attached hydrogen (secondary N) is 1. The molecule has 1 aliphatic rings. The molecule has 116 valence electrons. The molecule has 2 heterocycles. The van der Waals surface area contributed by atoms with Gasteiger partial charge in [0.25, 0.3) is 5.91 Å². The van der Waals surface area contributed by atoms with Crippen molar-refractivity contribution in [3.8, 4) is 0 Å². The van der Waals surface area contributed by atoms with E-state index < -0.39 is 0 Å². The second-order valence-corrected chi connectivity index (χ2v) is 6.02. The summed E-state index contributed by atoms with van der Waals surface area (Å²) in [5.41, 5.74) is 3.98. The van der Waals surface area contributed by atoms with Crippen LogP contribution >= 0.6 is 0 Å². The van der Waals surface area contributed by atoms with E-state index in [4.69, 9.17) is 0 Å². The summed E-state index contributed by atoms with van der Waals surface area (Å²) in [5.74, 6) is 0.0836. The Balaban J connectivity index is 1.81. The van der Waals surface area contributed by atoms with Crippen molar-refractivity contribution >= 4 is 22.7 Å². The molecule has 0 atom stereocenters. The molecule has 3 rings (SSSR count). The topological polar surface area (TPSA) is 56.4 Å². The summed E-state index contributed by atoms with van der Waals surface area (Å²) in [6, 6.07) is 6.12. The summed E-state index contributed by atoms with van der Waals surface area (Å²) >= 11 is 0. The molecule has 0 aliphatic carbocycles. The molecule has 1 fully saturated rings. The second kappa shape index (κ2) is 5.48. The third-order valence-electron chi connectivity index (χ3n) is 4.33. The lowest BCUT2D eigenvalue weighted by Gasteiger charge is -2.33. The van der Waals surface area contributed by atoms with E-state index in [1.54, 1.807) is 11.8 Å². The molecular weight excluding hydrogens is 278 g/mol. The average molecular weight is 299 g/mol. The minimum Gasteiger partial charge on any atom is -0.351 e. The van der Waals surface area contributed by atoms with Crippen molar-refractivity contribution in [2.24, 2.45) is 0 Å². The maximum absolute atomic E-state index is 12.6. The summed E-state index contributed by atoms with van der Waals surface area (Å²) in [4.78, 5) is 30.8. The molecule has 0 radical (unpaired) electrons. The van der Waals surface area contributed by atoms with Gasteiger partial charge in [-0.3, -0.25) is 9.59 Å². The van der Waals surface area contributed by atoms with Crippen molar-refractivity contribution in [1.82, 2.24) is 14.8 Å². The molecule has 5 nitrogen and oxygen atoms in total. The molecule has 22 heavy (non-hydrogen) atoms. The minimum absolute atomic E-state index is 0.0106. The maximum atomic E-state index is 12.6. The fourth-order valence-electron chi connectivity index (χ4n) is 3.11. The Morgan fingerprint density at radius 1 is 1.00 bits per heavy atom. The van der Waals surface area contributed by atoms with Crippen molar-refractivity contribution in [3.63, 3.8) is 0 Å². The highest BCUT2D eigenvalue weighted by atomic mass is 16.2. The number of carbonyl (C=O) groups excluding carboxylic acids is 2. The van der Waals surface area contributed by atoms with Gasteiger partial charge in [-0.2, -0.15) is 0 Å². The van der Waals surface area contributed by atoms with E-state index in [0.29, 0.717) is 31.9 Å². The molecule has 1 aromatic carbocycles. The number of carbonyl (C=O) groups is 2. The van der Waals surface area contributed by atoms with Crippen LogP contribution in [-0.2, 0) is 4.79 Å². The summed E-state index contributed by atoms with van der Waals surface area (Å²) in [6.07, 6.45) is 0. The minimum atomic E-state index is 0.0106. The number of H-pyrrole nitrogens is 1. The number of hydrogen-bond acceptors (Lipinski definition) is 2. The van der Waals surface area contributed by atoms with E-state index in [-0.39, 0.29) is 11.8 Å². The molecule has 2 amide bonds. The number of aryl methyl sites for hydroxylation is 2. The van der Waals surface area contributed by atoms with Gasteiger partial charge in [-0.1, -0.05) is 6.07 Å². The van der Waals surface area contributed by atoms with Crippen LogP contribution in [0.3, 0.4) is 0 Å². The van der Waals surface area contributed by atoms with Crippen molar-refractivity contribution in [1.29, 1.82) is 0 Å². The Morgan fingerprint density at radius 3 is 2.27 bits per heavy atom. The van der Waals surface area contributed by atoms with Crippen LogP contribution in [0.15, 0.2) is 18.2 Å². The Kier molecular flexibility index (Phi) is 3.64. The zero-order chi connectivity index (χ0) is 15.9. The number of nitrogens with zero attached hydrogens (tertiary/aromatic N) is 2. The molecular formula is C17H21N3O2. The van der Waals surface area contributed by atoms with Crippen LogP contribution in [-0.4, -0.2) is 52.8 Å². The quantitative estimate of drug-likeness (QED) is 0.876. The van der Waals surface area contributed by atoms with Crippen molar-refractivity contribution in [2.75, 3.05) is 26.2 Å². The van der Waals surface area contributed by atoms with Crippen LogP contribution in [0.1, 0.15) is 28.5 Å². The number of piperazine rings is 1. The predicted molar refractivity (Wildman–Crippen MR) is 85.9 cm³/mol. The normalized spacial score (nSPS) is 15.4. The highest BCUT2D eigenvalue weighted by molar-refractivity contribution is 5.99. The number of fused-ring (bicyclic) bond motifs is 1. The Hall–Kier alpha value is -2.30. The van der Waals surface area contributed by atoms with Crippen LogP contribution < -0.4 is 0 Å². The Labute approximate surface area is 129 Å².